The van der Waals surface area contributed by atoms with E-state index in [4.69, 9.17) is 18.9 Å². The van der Waals surface area contributed by atoms with E-state index in [0.717, 1.165) is 49.9 Å². The van der Waals surface area contributed by atoms with Crippen molar-refractivity contribution in [2.75, 3.05) is 34.5 Å². The largest absolute Gasteiger partial charge is 0.493 e. The minimum Gasteiger partial charge on any atom is -0.493 e. The van der Waals surface area contributed by atoms with Gasteiger partial charge in [0.15, 0.2) is 11.5 Å². The molecule has 152 valence electrons. The zero-order valence-corrected chi connectivity index (χ0v) is 16.9. The fourth-order valence-corrected chi connectivity index (χ4v) is 3.46. The highest BCUT2D eigenvalue weighted by atomic mass is 16.5. The third-order valence-corrected chi connectivity index (χ3v) is 4.84. The van der Waals surface area contributed by atoms with Crippen LogP contribution in [0.5, 0.6) is 17.2 Å². The number of hydrogen-bond acceptors (Lipinski definition) is 6. The highest BCUT2D eigenvalue weighted by Crippen LogP contribution is 2.38. The molecule has 0 amide bonds. The summed E-state index contributed by atoms with van der Waals surface area (Å²) < 4.78 is 21.6. The second kappa shape index (κ2) is 10.1. The third kappa shape index (κ3) is 5.31. The summed E-state index contributed by atoms with van der Waals surface area (Å²) in [6, 6.07) is 3.65. The lowest BCUT2D eigenvalue weighted by atomic mass is 10.0. The van der Waals surface area contributed by atoms with Gasteiger partial charge in [0, 0.05) is 13.7 Å². The van der Waals surface area contributed by atoms with Gasteiger partial charge in [-0.1, -0.05) is 6.58 Å². The number of allylic oxidation sites excluding steroid dienone is 1. The van der Waals surface area contributed by atoms with Crippen LogP contribution in [-0.2, 0) is 16.0 Å². The summed E-state index contributed by atoms with van der Waals surface area (Å²) in [6.45, 7) is 7.18. The molecule has 1 heterocycles. The van der Waals surface area contributed by atoms with Crippen molar-refractivity contribution >= 4 is 5.97 Å². The molecule has 6 heteroatoms. The maximum absolute atomic E-state index is 12.4. The molecular weight excluding hydrogens is 346 g/mol. The predicted molar refractivity (Wildman–Crippen MR) is 107 cm³/mol. The van der Waals surface area contributed by atoms with E-state index in [0.29, 0.717) is 23.9 Å². The van der Waals surface area contributed by atoms with Crippen LogP contribution in [0.2, 0.25) is 0 Å². The number of rotatable bonds is 9. The number of benzene rings is 1. The van der Waals surface area contributed by atoms with Crippen LogP contribution in [0.25, 0.3) is 0 Å². The van der Waals surface area contributed by atoms with Crippen LogP contribution in [0.4, 0.5) is 0 Å². The lowest BCUT2D eigenvalue weighted by molar-refractivity contribution is -0.150. The van der Waals surface area contributed by atoms with Gasteiger partial charge in [0.1, 0.15) is 6.04 Å². The summed E-state index contributed by atoms with van der Waals surface area (Å²) >= 11 is 0. The molecule has 6 nitrogen and oxygen atoms in total. The number of aryl methyl sites for hydroxylation is 1. The summed E-state index contributed by atoms with van der Waals surface area (Å²) in [5.74, 6) is 1.68. The van der Waals surface area contributed by atoms with Gasteiger partial charge in [-0.3, -0.25) is 0 Å². The van der Waals surface area contributed by atoms with Crippen LogP contribution in [0.3, 0.4) is 0 Å². The molecule has 1 aromatic rings. The van der Waals surface area contributed by atoms with E-state index < -0.39 is 0 Å². The molecule has 1 atom stereocenters. The Kier molecular flexibility index (Phi) is 7.82. The second-order valence-corrected chi connectivity index (χ2v) is 6.74. The molecule has 1 aliphatic heterocycles. The van der Waals surface area contributed by atoms with Crippen molar-refractivity contribution in [3.8, 4) is 17.2 Å². The maximum Gasteiger partial charge on any atom is 0.328 e. The van der Waals surface area contributed by atoms with Crippen LogP contribution in [-0.4, -0.2) is 51.4 Å². The van der Waals surface area contributed by atoms with Gasteiger partial charge in [0.2, 0.25) is 5.75 Å². The number of carbonyl (C=O) groups is 1. The van der Waals surface area contributed by atoms with Crippen LogP contribution >= 0.6 is 0 Å². The van der Waals surface area contributed by atoms with Crippen LogP contribution in [0.1, 0.15) is 39.6 Å². The Balaban J connectivity index is 0.00000392. The predicted octanol–water partition coefficient (Wildman–Crippen LogP) is 3.82. The molecule has 0 aliphatic carbocycles. The normalized spacial score (nSPS) is 16.6. The first kappa shape index (κ1) is 20.9. The van der Waals surface area contributed by atoms with Gasteiger partial charge in [-0.05, 0) is 56.7 Å². The third-order valence-electron chi connectivity index (χ3n) is 4.84. The number of hydrogen-bond donors (Lipinski definition) is 0. The SMILES string of the molecule is C=C(C)N1CCCCC1C(=O)OCCCc1cc(OC)c(OC)c(OC)c1.[HH]. The van der Waals surface area contributed by atoms with E-state index in [-0.39, 0.29) is 13.4 Å². The molecule has 2 rings (SSSR count). The van der Waals surface area contributed by atoms with Gasteiger partial charge in [-0.15, -0.1) is 0 Å². The van der Waals surface area contributed by atoms with Gasteiger partial charge >= 0.3 is 5.97 Å². The molecule has 1 fully saturated rings. The average Bonchev–Trinajstić information content (AvgIpc) is 2.69. The first-order valence-corrected chi connectivity index (χ1v) is 9.39. The van der Waals surface area contributed by atoms with Gasteiger partial charge in [-0.2, -0.15) is 0 Å². The first-order valence-electron chi connectivity index (χ1n) is 9.39. The Morgan fingerprint density at radius 3 is 2.41 bits per heavy atom. The Hall–Kier alpha value is -2.37. The highest BCUT2D eigenvalue weighted by Gasteiger charge is 2.29. The molecule has 27 heavy (non-hydrogen) atoms. The fraction of sp³-hybridized carbons (Fsp3) is 0.571. The maximum atomic E-state index is 12.4. The second-order valence-electron chi connectivity index (χ2n) is 6.74. The fourth-order valence-electron chi connectivity index (χ4n) is 3.46. The van der Waals surface area contributed by atoms with Crippen LogP contribution in [0, 0.1) is 0 Å². The molecular formula is C21H33NO5. The van der Waals surface area contributed by atoms with E-state index in [1.807, 2.05) is 19.1 Å². The van der Waals surface area contributed by atoms with Crippen molar-refractivity contribution in [2.24, 2.45) is 0 Å². The summed E-state index contributed by atoms with van der Waals surface area (Å²) in [4.78, 5) is 14.5. The molecule has 0 N–H and O–H groups in total. The lowest BCUT2D eigenvalue weighted by Gasteiger charge is -2.35. The summed E-state index contributed by atoms with van der Waals surface area (Å²) in [6.07, 6.45) is 4.45. The van der Waals surface area contributed by atoms with Crippen molar-refractivity contribution in [3.05, 3.63) is 30.0 Å². The quantitative estimate of drug-likeness (QED) is 0.480. The number of piperidine rings is 1. The smallest absolute Gasteiger partial charge is 0.328 e. The standard InChI is InChI=1S/C21H31NO5.H2/c1-15(2)22-11-7-6-10-17(22)21(23)27-12-8-9-16-13-18(24-3)20(26-5)19(14-16)25-4;/h13-14,17H,1,6-12H2,2-5H3;1H. The summed E-state index contributed by atoms with van der Waals surface area (Å²) in [5, 5.41) is 0. The Morgan fingerprint density at radius 1 is 1.19 bits per heavy atom. The van der Waals surface area contributed by atoms with E-state index in [1.54, 1.807) is 21.3 Å². The van der Waals surface area contributed by atoms with Crippen molar-refractivity contribution in [1.82, 2.24) is 4.90 Å². The Morgan fingerprint density at radius 2 is 1.85 bits per heavy atom. The molecule has 0 spiro atoms. The van der Waals surface area contributed by atoms with Gasteiger partial charge in [0.25, 0.3) is 0 Å². The number of nitrogens with zero attached hydrogens (tertiary/aromatic N) is 1. The van der Waals surface area contributed by atoms with Crippen molar-refractivity contribution in [3.63, 3.8) is 0 Å². The number of likely N-dealkylation sites (tertiary alicyclic amines) is 1. The number of methoxy groups -OCH3 is 3. The molecule has 1 saturated heterocycles. The Bertz CT molecular complexity index is 639. The minimum atomic E-state index is -0.197. The number of ether oxygens (including phenoxy) is 4. The zero-order chi connectivity index (χ0) is 19.8. The molecule has 1 unspecified atom stereocenters. The molecule has 0 bridgehead atoms. The van der Waals surface area contributed by atoms with E-state index in [1.165, 1.54) is 0 Å². The number of carbonyl (C=O) groups excluding carboxylic acids is 1. The molecule has 0 saturated carbocycles. The van der Waals surface area contributed by atoms with E-state index in [2.05, 4.69) is 11.5 Å². The molecule has 1 aliphatic rings. The zero-order valence-electron chi connectivity index (χ0n) is 16.9. The molecule has 0 aromatic heterocycles. The minimum absolute atomic E-state index is 0. The average molecular weight is 379 g/mol. The first-order chi connectivity index (χ1) is 13.0. The van der Waals surface area contributed by atoms with Gasteiger partial charge in [-0.25, -0.2) is 4.79 Å². The lowest BCUT2D eigenvalue weighted by Crippen LogP contribution is -2.44. The Labute approximate surface area is 163 Å². The van der Waals surface area contributed by atoms with Crippen molar-refractivity contribution in [1.29, 1.82) is 0 Å². The van der Waals surface area contributed by atoms with Crippen molar-refractivity contribution < 1.29 is 25.2 Å². The van der Waals surface area contributed by atoms with Gasteiger partial charge < -0.3 is 23.8 Å². The summed E-state index contributed by atoms with van der Waals surface area (Å²) in [7, 11) is 4.78. The topological polar surface area (TPSA) is 57.2 Å². The van der Waals surface area contributed by atoms with Crippen molar-refractivity contribution in [2.45, 2.75) is 45.1 Å². The van der Waals surface area contributed by atoms with Crippen LogP contribution in [0.15, 0.2) is 24.4 Å². The highest BCUT2D eigenvalue weighted by molar-refractivity contribution is 5.76. The number of esters is 1. The van der Waals surface area contributed by atoms with E-state index in [9.17, 15) is 4.79 Å². The monoisotopic (exact) mass is 379 g/mol. The summed E-state index contributed by atoms with van der Waals surface area (Å²) in [5.41, 5.74) is 1.97. The van der Waals surface area contributed by atoms with E-state index >= 15 is 0 Å². The van der Waals surface area contributed by atoms with Gasteiger partial charge in [0.05, 0.1) is 27.9 Å². The van der Waals surface area contributed by atoms with Crippen LogP contribution < -0.4 is 14.2 Å². The molecule has 1 aromatic carbocycles. The molecule has 0 radical (unpaired) electrons.